The summed E-state index contributed by atoms with van der Waals surface area (Å²) in [6.07, 6.45) is 5.00. The number of amidine groups is 1. The molecule has 2 atom stereocenters. The summed E-state index contributed by atoms with van der Waals surface area (Å²) < 4.78 is 0. The van der Waals surface area contributed by atoms with Crippen molar-refractivity contribution in [2.75, 3.05) is 0 Å². The maximum absolute atomic E-state index is 12.5. The number of halogens is 2. The molecule has 3 aromatic rings. The summed E-state index contributed by atoms with van der Waals surface area (Å²) in [6.45, 7) is 4.11. The Kier molecular flexibility index (Phi) is 7.57. The molecule has 4 heterocycles. The first kappa shape index (κ1) is 24.6. The van der Waals surface area contributed by atoms with Gasteiger partial charge in [0, 0.05) is 24.2 Å². The Morgan fingerprint density at radius 1 is 0.914 bits per heavy atom. The zero-order valence-corrected chi connectivity index (χ0v) is 20.6. The standard InChI is InChI=1S/C24H23Cl2N7O2/c1-13(15-3-5-20(25)28-9-15)31-22(34)8-18-7-17-11-30-23(19(17)12-27-18)33-24(35)32-14(2)16-4-6-21(26)29-10-16/h3-7,9-10,12-14H,8,11H2,1-2H3,(H,31,34)(H2,30,32,33,35)/t13-,14-/m1/s1. The summed E-state index contributed by atoms with van der Waals surface area (Å²) >= 11 is 11.6. The number of pyridine rings is 3. The molecule has 4 rings (SSSR count). The number of rotatable bonds is 6. The Hall–Kier alpha value is -3.56. The molecule has 0 aliphatic carbocycles. The molecule has 1 aliphatic rings. The highest BCUT2D eigenvalue weighted by Crippen LogP contribution is 2.19. The summed E-state index contributed by atoms with van der Waals surface area (Å²) in [6, 6.07) is 7.93. The predicted molar refractivity (Wildman–Crippen MR) is 133 cm³/mol. The van der Waals surface area contributed by atoms with E-state index in [4.69, 9.17) is 23.2 Å². The van der Waals surface area contributed by atoms with Gasteiger partial charge in [0.15, 0.2) is 0 Å². The first-order chi connectivity index (χ1) is 16.8. The molecule has 0 bridgehead atoms. The van der Waals surface area contributed by atoms with E-state index in [1.165, 1.54) is 0 Å². The molecule has 1 aliphatic heterocycles. The zero-order chi connectivity index (χ0) is 24.9. The van der Waals surface area contributed by atoms with Crippen LogP contribution in [0.2, 0.25) is 10.3 Å². The van der Waals surface area contributed by atoms with E-state index in [-0.39, 0.29) is 24.4 Å². The molecular weight excluding hydrogens is 489 g/mol. The Labute approximate surface area is 212 Å². The van der Waals surface area contributed by atoms with Crippen LogP contribution in [0.15, 0.2) is 53.9 Å². The maximum Gasteiger partial charge on any atom is 0.320 e. The molecule has 11 heteroatoms. The molecule has 180 valence electrons. The van der Waals surface area contributed by atoms with Crippen LogP contribution in [-0.2, 0) is 17.8 Å². The molecule has 3 aromatic heterocycles. The fraction of sp³-hybridized carbons (Fsp3) is 0.250. The second-order valence-corrected chi connectivity index (χ2v) is 8.89. The zero-order valence-electron chi connectivity index (χ0n) is 19.0. The molecule has 35 heavy (non-hydrogen) atoms. The van der Waals surface area contributed by atoms with Gasteiger partial charge >= 0.3 is 6.03 Å². The van der Waals surface area contributed by atoms with Crippen molar-refractivity contribution in [3.05, 3.63) is 87.2 Å². The van der Waals surface area contributed by atoms with E-state index >= 15 is 0 Å². The van der Waals surface area contributed by atoms with Crippen LogP contribution in [0.1, 0.15) is 53.9 Å². The highest BCUT2D eigenvalue weighted by molar-refractivity contribution is 6.29. The molecule has 0 aromatic carbocycles. The molecule has 9 nitrogen and oxygen atoms in total. The van der Waals surface area contributed by atoms with Gasteiger partial charge in [-0.05, 0) is 48.7 Å². The van der Waals surface area contributed by atoms with E-state index in [1.807, 2.05) is 26.0 Å². The monoisotopic (exact) mass is 511 g/mol. The summed E-state index contributed by atoms with van der Waals surface area (Å²) in [7, 11) is 0. The van der Waals surface area contributed by atoms with Crippen LogP contribution in [-0.4, -0.2) is 32.7 Å². The van der Waals surface area contributed by atoms with Gasteiger partial charge in [0.05, 0.1) is 30.7 Å². The number of aliphatic imine (C=N–C) groups is 1. The summed E-state index contributed by atoms with van der Waals surface area (Å²) in [5, 5.41) is 9.34. The molecule has 0 unspecified atom stereocenters. The molecule has 0 saturated heterocycles. The largest absolute Gasteiger partial charge is 0.349 e. The van der Waals surface area contributed by atoms with Gasteiger partial charge in [-0.2, -0.15) is 0 Å². The molecule has 3 N–H and O–H groups in total. The lowest BCUT2D eigenvalue weighted by atomic mass is 10.1. The van der Waals surface area contributed by atoms with Crippen LogP contribution in [0.5, 0.6) is 0 Å². The normalized spacial score (nSPS) is 13.9. The number of amides is 3. The fourth-order valence-corrected chi connectivity index (χ4v) is 3.82. The quantitative estimate of drug-likeness (QED) is 0.433. The second-order valence-electron chi connectivity index (χ2n) is 8.11. The van der Waals surface area contributed by atoms with E-state index in [9.17, 15) is 9.59 Å². The van der Waals surface area contributed by atoms with E-state index in [1.54, 1.807) is 36.8 Å². The molecule has 0 fully saturated rings. The SMILES string of the molecule is C[C@@H](NC(=O)Cc1cc2c(cn1)C(NC(=O)N[C@H](C)c1ccc(Cl)nc1)=NC2)c1ccc(Cl)nc1. The van der Waals surface area contributed by atoms with Crippen molar-refractivity contribution >= 4 is 41.0 Å². The van der Waals surface area contributed by atoms with Crippen LogP contribution in [0.25, 0.3) is 0 Å². The number of hydrogen-bond acceptors (Lipinski definition) is 6. The van der Waals surface area contributed by atoms with Gasteiger partial charge in [-0.1, -0.05) is 35.3 Å². The Morgan fingerprint density at radius 3 is 2.14 bits per heavy atom. The third-order valence-corrected chi connectivity index (χ3v) is 5.96. The van der Waals surface area contributed by atoms with Crippen molar-refractivity contribution in [1.29, 1.82) is 0 Å². The molecule has 0 saturated carbocycles. The van der Waals surface area contributed by atoms with Gasteiger partial charge in [0.25, 0.3) is 0 Å². The number of urea groups is 1. The minimum absolute atomic E-state index is 0.120. The Morgan fingerprint density at radius 2 is 1.54 bits per heavy atom. The predicted octanol–water partition coefficient (Wildman–Crippen LogP) is 3.92. The summed E-state index contributed by atoms with van der Waals surface area (Å²) in [5.41, 5.74) is 3.92. The summed E-state index contributed by atoms with van der Waals surface area (Å²) in [5.74, 6) is 0.272. The highest BCUT2D eigenvalue weighted by Gasteiger charge is 2.21. The van der Waals surface area contributed by atoms with Crippen LogP contribution < -0.4 is 16.0 Å². The fourth-order valence-electron chi connectivity index (χ4n) is 3.59. The van der Waals surface area contributed by atoms with Crippen molar-refractivity contribution in [3.8, 4) is 0 Å². The number of nitrogens with one attached hydrogen (secondary N) is 3. The molecule has 0 spiro atoms. The van der Waals surface area contributed by atoms with Crippen LogP contribution >= 0.6 is 23.2 Å². The van der Waals surface area contributed by atoms with Crippen LogP contribution in [0.3, 0.4) is 0 Å². The second kappa shape index (κ2) is 10.8. The van der Waals surface area contributed by atoms with Gasteiger partial charge in [-0.15, -0.1) is 0 Å². The van der Waals surface area contributed by atoms with Gasteiger partial charge in [-0.25, -0.2) is 14.8 Å². The van der Waals surface area contributed by atoms with Gasteiger partial charge in [-0.3, -0.25) is 20.1 Å². The molecule has 3 amide bonds. The third kappa shape index (κ3) is 6.32. The third-order valence-electron chi connectivity index (χ3n) is 5.51. The average Bonchev–Trinajstić information content (AvgIpc) is 3.21. The topological polar surface area (TPSA) is 121 Å². The maximum atomic E-state index is 12.5. The minimum atomic E-state index is -0.395. The van der Waals surface area contributed by atoms with E-state index in [0.717, 1.165) is 22.3 Å². The van der Waals surface area contributed by atoms with Gasteiger partial charge in [0.1, 0.15) is 16.1 Å². The number of aromatic nitrogens is 3. The lowest BCUT2D eigenvalue weighted by Gasteiger charge is -2.15. The van der Waals surface area contributed by atoms with Gasteiger partial charge < -0.3 is 10.6 Å². The Bertz CT molecular complexity index is 1260. The van der Waals surface area contributed by atoms with Gasteiger partial charge in [0.2, 0.25) is 5.91 Å². The van der Waals surface area contributed by atoms with Crippen molar-refractivity contribution in [2.24, 2.45) is 4.99 Å². The van der Waals surface area contributed by atoms with E-state index < -0.39 is 6.03 Å². The van der Waals surface area contributed by atoms with E-state index in [0.29, 0.717) is 28.4 Å². The van der Waals surface area contributed by atoms with E-state index in [2.05, 4.69) is 35.9 Å². The lowest BCUT2D eigenvalue weighted by Crippen LogP contribution is -2.40. The first-order valence-corrected chi connectivity index (χ1v) is 11.7. The van der Waals surface area contributed by atoms with Crippen molar-refractivity contribution < 1.29 is 9.59 Å². The molecular formula is C24H23Cl2N7O2. The Balaban J connectivity index is 1.32. The average molecular weight is 512 g/mol. The number of fused-ring (bicyclic) bond motifs is 1. The van der Waals surface area contributed by atoms with Crippen LogP contribution in [0, 0.1) is 0 Å². The molecule has 0 radical (unpaired) electrons. The lowest BCUT2D eigenvalue weighted by molar-refractivity contribution is -0.121. The number of carbonyl (C=O) groups is 2. The smallest absolute Gasteiger partial charge is 0.320 e. The number of carbonyl (C=O) groups excluding carboxylic acids is 2. The summed E-state index contributed by atoms with van der Waals surface area (Å²) in [4.78, 5) is 41.9. The number of nitrogens with zero attached hydrogens (tertiary/aromatic N) is 4. The van der Waals surface area contributed by atoms with Crippen molar-refractivity contribution in [1.82, 2.24) is 30.9 Å². The van der Waals surface area contributed by atoms with Crippen LogP contribution in [0.4, 0.5) is 4.79 Å². The van der Waals surface area contributed by atoms with Crippen molar-refractivity contribution in [2.45, 2.75) is 38.9 Å². The minimum Gasteiger partial charge on any atom is -0.349 e. The van der Waals surface area contributed by atoms with Crippen molar-refractivity contribution in [3.63, 3.8) is 0 Å². The first-order valence-electron chi connectivity index (χ1n) is 10.9. The number of hydrogen-bond donors (Lipinski definition) is 3. The highest BCUT2D eigenvalue weighted by atomic mass is 35.5.